The molecule has 2 saturated carbocycles. The van der Waals surface area contributed by atoms with Crippen molar-refractivity contribution in [2.75, 3.05) is 0 Å². The number of nitriles is 2. The van der Waals surface area contributed by atoms with Crippen molar-refractivity contribution in [1.82, 2.24) is 0 Å². The second kappa shape index (κ2) is 6.06. The first-order valence-corrected chi connectivity index (χ1v) is 7.11. The second-order valence-corrected chi connectivity index (χ2v) is 5.93. The lowest BCUT2D eigenvalue weighted by Gasteiger charge is -2.31. The number of nitrogens with zero attached hydrogens (tertiary/aromatic N) is 2. The van der Waals surface area contributed by atoms with Crippen LogP contribution in [0.4, 0.5) is 0 Å². The first-order valence-electron chi connectivity index (χ1n) is 7.11. The van der Waals surface area contributed by atoms with Gasteiger partial charge in [0.1, 0.15) is 0 Å². The molecule has 2 heteroatoms. The SMILES string of the molecule is N#C[C@H]1CC[C@@H](C[C@H]2CC[C@@H](C#N)CC2)CC1. The predicted octanol–water partition coefficient (Wildman–Crippen LogP) is 4.04. The van der Waals surface area contributed by atoms with Gasteiger partial charge in [0.25, 0.3) is 0 Å². The molecule has 0 aromatic carbocycles. The van der Waals surface area contributed by atoms with Gasteiger partial charge in [0.05, 0.1) is 12.1 Å². The Hall–Kier alpha value is -1.02. The lowest BCUT2D eigenvalue weighted by molar-refractivity contribution is 0.216. The smallest absolute Gasteiger partial charge is 0.0655 e. The Morgan fingerprint density at radius 3 is 1.29 bits per heavy atom. The third-order valence-corrected chi connectivity index (χ3v) is 4.73. The Labute approximate surface area is 105 Å². The van der Waals surface area contributed by atoms with Gasteiger partial charge < -0.3 is 0 Å². The van der Waals surface area contributed by atoms with E-state index in [1.807, 2.05) is 0 Å². The van der Waals surface area contributed by atoms with Gasteiger partial charge in [-0.05, 0) is 69.6 Å². The molecule has 0 aromatic rings. The van der Waals surface area contributed by atoms with Crippen LogP contribution in [0.3, 0.4) is 0 Å². The van der Waals surface area contributed by atoms with Crippen LogP contribution in [0.1, 0.15) is 57.8 Å². The molecule has 2 aliphatic carbocycles. The molecule has 17 heavy (non-hydrogen) atoms. The van der Waals surface area contributed by atoms with Crippen molar-refractivity contribution in [3.8, 4) is 12.1 Å². The minimum Gasteiger partial charge on any atom is -0.198 e. The fourth-order valence-electron chi connectivity index (χ4n) is 3.53. The van der Waals surface area contributed by atoms with Gasteiger partial charge in [-0.1, -0.05) is 0 Å². The van der Waals surface area contributed by atoms with E-state index in [0.717, 1.165) is 37.5 Å². The molecule has 92 valence electrons. The molecule has 0 saturated heterocycles. The molecule has 0 N–H and O–H groups in total. The van der Waals surface area contributed by atoms with Crippen molar-refractivity contribution in [1.29, 1.82) is 10.5 Å². The van der Waals surface area contributed by atoms with E-state index in [4.69, 9.17) is 10.5 Å². The van der Waals surface area contributed by atoms with E-state index in [-0.39, 0.29) is 0 Å². The van der Waals surface area contributed by atoms with Gasteiger partial charge >= 0.3 is 0 Å². The monoisotopic (exact) mass is 230 g/mol. The first-order chi connectivity index (χ1) is 8.31. The van der Waals surface area contributed by atoms with E-state index < -0.39 is 0 Å². The van der Waals surface area contributed by atoms with Crippen LogP contribution in [-0.4, -0.2) is 0 Å². The van der Waals surface area contributed by atoms with Crippen LogP contribution in [0.15, 0.2) is 0 Å². The molecule has 2 rings (SSSR count). The summed E-state index contributed by atoms with van der Waals surface area (Å²) in [5.74, 6) is 2.40. The van der Waals surface area contributed by atoms with E-state index in [9.17, 15) is 0 Å². The van der Waals surface area contributed by atoms with Crippen LogP contribution in [0, 0.1) is 46.3 Å². The third kappa shape index (κ3) is 3.47. The Kier molecular flexibility index (Phi) is 4.43. The summed E-state index contributed by atoms with van der Waals surface area (Å²) in [5, 5.41) is 17.7. The van der Waals surface area contributed by atoms with Gasteiger partial charge in [-0.15, -0.1) is 0 Å². The molecule has 0 spiro atoms. The van der Waals surface area contributed by atoms with Crippen LogP contribution in [0.5, 0.6) is 0 Å². The van der Waals surface area contributed by atoms with Gasteiger partial charge in [0.2, 0.25) is 0 Å². The van der Waals surface area contributed by atoms with E-state index >= 15 is 0 Å². The van der Waals surface area contributed by atoms with Crippen molar-refractivity contribution in [3.05, 3.63) is 0 Å². The highest BCUT2D eigenvalue weighted by Crippen LogP contribution is 2.37. The zero-order chi connectivity index (χ0) is 12.1. The van der Waals surface area contributed by atoms with Gasteiger partial charge in [0.15, 0.2) is 0 Å². The molecular formula is C15H22N2. The number of rotatable bonds is 2. The molecule has 0 atom stereocenters. The van der Waals surface area contributed by atoms with Gasteiger partial charge in [0, 0.05) is 11.8 Å². The molecule has 0 aliphatic heterocycles. The Morgan fingerprint density at radius 2 is 1.00 bits per heavy atom. The quantitative estimate of drug-likeness (QED) is 0.718. The van der Waals surface area contributed by atoms with Crippen molar-refractivity contribution in [3.63, 3.8) is 0 Å². The van der Waals surface area contributed by atoms with Crippen LogP contribution in [0.2, 0.25) is 0 Å². The molecule has 0 unspecified atom stereocenters. The second-order valence-electron chi connectivity index (χ2n) is 5.93. The topological polar surface area (TPSA) is 47.6 Å². The molecule has 0 bridgehead atoms. The fraction of sp³-hybridized carbons (Fsp3) is 0.867. The van der Waals surface area contributed by atoms with Crippen molar-refractivity contribution in [2.45, 2.75) is 57.8 Å². The maximum absolute atomic E-state index is 8.87. The van der Waals surface area contributed by atoms with Crippen LogP contribution >= 0.6 is 0 Å². The molecule has 0 heterocycles. The van der Waals surface area contributed by atoms with Crippen molar-refractivity contribution >= 4 is 0 Å². The van der Waals surface area contributed by atoms with Crippen molar-refractivity contribution in [2.24, 2.45) is 23.7 Å². The lowest BCUT2D eigenvalue weighted by atomic mass is 9.74. The highest BCUT2D eigenvalue weighted by molar-refractivity contribution is 4.90. The maximum Gasteiger partial charge on any atom is 0.0655 e. The summed E-state index contributed by atoms with van der Waals surface area (Å²) in [7, 11) is 0. The van der Waals surface area contributed by atoms with E-state index in [1.54, 1.807) is 0 Å². The van der Waals surface area contributed by atoms with Crippen molar-refractivity contribution < 1.29 is 0 Å². The summed E-state index contributed by atoms with van der Waals surface area (Å²) in [4.78, 5) is 0. The first kappa shape index (κ1) is 12.4. The third-order valence-electron chi connectivity index (χ3n) is 4.73. The van der Waals surface area contributed by atoms with Crippen LogP contribution in [0.25, 0.3) is 0 Å². The Morgan fingerprint density at radius 1 is 0.647 bits per heavy atom. The van der Waals surface area contributed by atoms with Crippen LogP contribution in [-0.2, 0) is 0 Å². The highest BCUT2D eigenvalue weighted by Gasteiger charge is 2.26. The summed E-state index contributed by atoms with van der Waals surface area (Å²) in [6.07, 6.45) is 10.9. The predicted molar refractivity (Wildman–Crippen MR) is 66.7 cm³/mol. The normalized spacial score (nSPS) is 38.0. The lowest BCUT2D eigenvalue weighted by Crippen LogP contribution is -2.20. The van der Waals surface area contributed by atoms with Gasteiger partial charge in [-0.3, -0.25) is 0 Å². The molecule has 0 aromatic heterocycles. The summed E-state index contributed by atoms with van der Waals surface area (Å²) < 4.78 is 0. The zero-order valence-corrected chi connectivity index (χ0v) is 10.6. The average molecular weight is 230 g/mol. The van der Waals surface area contributed by atoms with Crippen LogP contribution < -0.4 is 0 Å². The minimum absolute atomic E-state index is 0.334. The summed E-state index contributed by atoms with van der Waals surface area (Å²) in [5.41, 5.74) is 0. The average Bonchev–Trinajstić information content (AvgIpc) is 2.40. The summed E-state index contributed by atoms with van der Waals surface area (Å²) >= 11 is 0. The van der Waals surface area contributed by atoms with Gasteiger partial charge in [-0.2, -0.15) is 10.5 Å². The fourth-order valence-corrected chi connectivity index (χ4v) is 3.53. The molecule has 0 radical (unpaired) electrons. The molecule has 0 amide bonds. The Balaban J connectivity index is 1.69. The molecule has 2 aliphatic rings. The number of hydrogen-bond acceptors (Lipinski definition) is 2. The van der Waals surface area contributed by atoms with E-state index in [2.05, 4.69) is 12.1 Å². The molecular weight excluding hydrogens is 208 g/mol. The zero-order valence-electron chi connectivity index (χ0n) is 10.6. The standard InChI is InChI=1S/C15H22N2/c16-10-14-5-1-12(2-6-14)9-13-3-7-15(11-17)8-4-13/h12-15H,1-9H2/t12-,13-,14+,15+. The van der Waals surface area contributed by atoms with Gasteiger partial charge in [-0.25, -0.2) is 0 Å². The van der Waals surface area contributed by atoms with E-state index in [0.29, 0.717) is 11.8 Å². The maximum atomic E-state index is 8.87. The Bertz CT molecular complexity index is 275. The van der Waals surface area contributed by atoms with E-state index in [1.165, 1.54) is 32.1 Å². The molecule has 2 fully saturated rings. The molecule has 2 nitrogen and oxygen atoms in total. The number of hydrogen-bond donors (Lipinski definition) is 0. The summed E-state index contributed by atoms with van der Waals surface area (Å²) in [6, 6.07) is 4.81. The minimum atomic E-state index is 0.334. The summed E-state index contributed by atoms with van der Waals surface area (Å²) in [6.45, 7) is 0. The highest BCUT2D eigenvalue weighted by atomic mass is 14.3. The largest absolute Gasteiger partial charge is 0.198 e.